The van der Waals surface area contributed by atoms with Gasteiger partial charge in [-0.15, -0.1) is 0 Å². The highest BCUT2D eigenvalue weighted by Gasteiger charge is 2.28. The van der Waals surface area contributed by atoms with E-state index >= 15 is 0 Å². The van der Waals surface area contributed by atoms with Crippen molar-refractivity contribution in [2.45, 2.75) is 32.6 Å². The molecule has 1 aromatic carbocycles. The van der Waals surface area contributed by atoms with Gasteiger partial charge in [-0.2, -0.15) is 0 Å². The number of benzene rings is 1. The molecule has 0 aliphatic carbocycles. The van der Waals surface area contributed by atoms with Gasteiger partial charge in [-0.05, 0) is 67.4 Å². The van der Waals surface area contributed by atoms with E-state index < -0.39 is 0 Å². The minimum absolute atomic E-state index is 0.627. The third-order valence-electron chi connectivity index (χ3n) is 3.74. The van der Waals surface area contributed by atoms with E-state index in [0.29, 0.717) is 11.8 Å². The van der Waals surface area contributed by atoms with Crippen LogP contribution in [0.4, 0.5) is 0 Å². The van der Waals surface area contributed by atoms with Gasteiger partial charge in [-0.25, -0.2) is 0 Å². The van der Waals surface area contributed by atoms with Gasteiger partial charge in [-0.3, -0.25) is 0 Å². The van der Waals surface area contributed by atoms with E-state index in [4.69, 9.17) is 11.6 Å². The van der Waals surface area contributed by atoms with Gasteiger partial charge >= 0.3 is 0 Å². The Morgan fingerprint density at radius 3 is 2.94 bits per heavy atom. The summed E-state index contributed by atoms with van der Waals surface area (Å²) in [5, 5.41) is 4.37. The van der Waals surface area contributed by atoms with Crippen molar-refractivity contribution in [3.8, 4) is 0 Å². The van der Waals surface area contributed by atoms with E-state index in [2.05, 4.69) is 47.2 Å². The molecule has 0 spiro atoms. The van der Waals surface area contributed by atoms with Crippen LogP contribution in [0.15, 0.2) is 22.7 Å². The summed E-state index contributed by atoms with van der Waals surface area (Å²) in [6, 6.07) is 6.16. The molecule has 18 heavy (non-hydrogen) atoms. The Labute approximate surface area is 123 Å². The molecule has 1 aromatic rings. The smallest absolute Gasteiger partial charge is 0.0409 e. The molecule has 3 heteroatoms. The lowest BCUT2D eigenvalue weighted by Gasteiger charge is -2.34. The van der Waals surface area contributed by atoms with E-state index in [0.717, 1.165) is 24.0 Å². The van der Waals surface area contributed by atoms with Crippen molar-refractivity contribution in [2.24, 2.45) is 11.8 Å². The maximum absolute atomic E-state index is 6.15. The average Bonchev–Trinajstić information content (AvgIpc) is 2.32. The normalized spacial score (nSPS) is 24.5. The second kappa shape index (κ2) is 6.40. The molecule has 2 unspecified atom stereocenters. The minimum atomic E-state index is 0.627. The minimum Gasteiger partial charge on any atom is -0.316 e. The first-order chi connectivity index (χ1) is 8.58. The predicted molar refractivity (Wildman–Crippen MR) is 82.3 cm³/mol. The maximum Gasteiger partial charge on any atom is 0.0409 e. The summed E-state index contributed by atoms with van der Waals surface area (Å²) in [6.07, 6.45) is 2.48. The third kappa shape index (κ3) is 3.49. The molecular weight excluding hydrogens is 310 g/mol. The van der Waals surface area contributed by atoms with Crippen LogP contribution in [0.2, 0.25) is 5.02 Å². The number of piperidine rings is 1. The van der Waals surface area contributed by atoms with Gasteiger partial charge in [-0.1, -0.05) is 41.4 Å². The van der Waals surface area contributed by atoms with Crippen LogP contribution in [0.3, 0.4) is 0 Å². The summed E-state index contributed by atoms with van der Waals surface area (Å²) >= 11 is 9.83. The number of rotatable bonds is 3. The summed E-state index contributed by atoms with van der Waals surface area (Å²) in [5.41, 5.74) is 1.38. The number of hydrogen-bond donors (Lipinski definition) is 1. The fourth-order valence-corrected chi connectivity index (χ4v) is 3.71. The van der Waals surface area contributed by atoms with E-state index in [1.165, 1.54) is 22.9 Å². The molecule has 1 fully saturated rings. The Hall–Kier alpha value is -0.0500. The molecular formula is C15H21BrClN. The van der Waals surface area contributed by atoms with Crippen LogP contribution in [-0.4, -0.2) is 13.1 Å². The Kier molecular flexibility index (Phi) is 5.11. The van der Waals surface area contributed by atoms with Crippen LogP contribution in [0.5, 0.6) is 0 Å². The molecule has 2 rings (SSSR count). The fraction of sp³-hybridized carbons (Fsp3) is 0.600. The second-order valence-corrected chi connectivity index (χ2v) is 6.95. The van der Waals surface area contributed by atoms with Gasteiger partial charge in [0.05, 0.1) is 0 Å². The van der Waals surface area contributed by atoms with Crippen molar-refractivity contribution in [3.63, 3.8) is 0 Å². The number of hydrogen-bond acceptors (Lipinski definition) is 1. The van der Waals surface area contributed by atoms with E-state index in [1.54, 1.807) is 0 Å². The molecule has 1 N–H and O–H groups in total. The van der Waals surface area contributed by atoms with Gasteiger partial charge in [0.2, 0.25) is 0 Å². The highest BCUT2D eigenvalue weighted by Crippen LogP contribution is 2.38. The highest BCUT2D eigenvalue weighted by atomic mass is 79.9. The SMILES string of the molecule is CC(C)CC1CNCCC1c1cc(Cl)ccc1Br. The molecule has 0 aromatic heterocycles. The number of nitrogens with one attached hydrogen (secondary N) is 1. The lowest BCUT2D eigenvalue weighted by molar-refractivity contribution is 0.279. The zero-order valence-corrected chi connectivity index (χ0v) is 13.4. The van der Waals surface area contributed by atoms with Crippen LogP contribution < -0.4 is 5.32 Å². The van der Waals surface area contributed by atoms with Gasteiger partial charge in [0, 0.05) is 9.50 Å². The standard InChI is InChI=1S/C15H21BrClN/c1-10(2)7-11-9-18-6-5-13(11)14-8-12(17)3-4-15(14)16/h3-4,8,10-11,13,18H,5-7,9H2,1-2H3. The summed E-state index contributed by atoms with van der Waals surface area (Å²) in [5.74, 6) is 2.09. The summed E-state index contributed by atoms with van der Waals surface area (Å²) in [6.45, 7) is 6.84. The van der Waals surface area contributed by atoms with Crippen molar-refractivity contribution in [2.75, 3.05) is 13.1 Å². The molecule has 0 radical (unpaired) electrons. The maximum atomic E-state index is 6.15. The van der Waals surface area contributed by atoms with Crippen molar-refractivity contribution < 1.29 is 0 Å². The number of halogens is 2. The van der Waals surface area contributed by atoms with Gasteiger partial charge in [0.15, 0.2) is 0 Å². The predicted octanol–water partition coefficient (Wildman–Crippen LogP) is 4.84. The third-order valence-corrected chi connectivity index (χ3v) is 4.70. The van der Waals surface area contributed by atoms with Crippen molar-refractivity contribution in [3.05, 3.63) is 33.3 Å². The Balaban J connectivity index is 2.24. The quantitative estimate of drug-likeness (QED) is 0.836. The topological polar surface area (TPSA) is 12.0 Å². The van der Waals surface area contributed by atoms with Crippen LogP contribution >= 0.6 is 27.5 Å². The van der Waals surface area contributed by atoms with Gasteiger partial charge in [0.1, 0.15) is 0 Å². The first kappa shape index (κ1) is 14.4. The first-order valence-electron chi connectivity index (χ1n) is 6.73. The lowest BCUT2D eigenvalue weighted by Crippen LogP contribution is -2.36. The molecule has 0 bridgehead atoms. The average molecular weight is 331 g/mol. The summed E-state index contributed by atoms with van der Waals surface area (Å²) in [7, 11) is 0. The molecule has 1 aliphatic rings. The lowest BCUT2D eigenvalue weighted by atomic mass is 9.77. The zero-order chi connectivity index (χ0) is 13.1. The monoisotopic (exact) mass is 329 g/mol. The van der Waals surface area contributed by atoms with Crippen LogP contribution in [0.25, 0.3) is 0 Å². The van der Waals surface area contributed by atoms with E-state index in [-0.39, 0.29) is 0 Å². The van der Waals surface area contributed by atoms with Crippen LogP contribution in [-0.2, 0) is 0 Å². The molecule has 1 heterocycles. The zero-order valence-electron chi connectivity index (χ0n) is 11.0. The molecule has 1 aliphatic heterocycles. The van der Waals surface area contributed by atoms with E-state index in [9.17, 15) is 0 Å². The molecule has 1 saturated heterocycles. The fourth-order valence-electron chi connectivity index (χ4n) is 2.98. The van der Waals surface area contributed by atoms with Crippen molar-refractivity contribution >= 4 is 27.5 Å². The summed E-state index contributed by atoms with van der Waals surface area (Å²) in [4.78, 5) is 0. The summed E-state index contributed by atoms with van der Waals surface area (Å²) < 4.78 is 1.20. The Morgan fingerprint density at radius 1 is 1.44 bits per heavy atom. The molecule has 0 saturated carbocycles. The molecule has 100 valence electrons. The Morgan fingerprint density at radius 2 is 2.22 bits per heavy atom. The van der Waals surface area contributed by atoms with Gasteiger partial charge in [0.25, 0.3) is 0 Å². The largest absolute Gasteiger partial charge is 0.316 e. The Bertz CT molecular complexity index is 405. The van der Waals surface area contributed by atoms with Crippen molar-refractivity contribution in [1.82, 2.24) is 5.32 Å². The van der Waals surface area contributed by atoms with E-state index in [1.807, 2.05) is 6.07 Å². The molecule has 1 nitrogen and oxygen atoms in total. The molecule has 2 atom stereocenters. The van der Waals surface area contributed by atoms with Gasteiger partial charge < -0.3 is 5.32 Å². The van der Waals surface area contributed by atoms with Crippen LogP contribution in [0.1, 0.15) is 38.2 Å². The molecule has 0 amide bonds. The first-order valence-corrected chi connectivity index (χ1v) is 7.90. The van der Waals surface area contributed by atoms with Crippen molar-refractivity contribution in [1.29, 1.82) is 0 Å². The highest BCUT2D eigenvalue weighted by molar-refractivity contribution is 9.10. The second-order valence-electron chi connectivity index (χ2n) is 5.65. The van der Waals surface area contributed by atoms with Crippen LogP contribution in [0, 0.1) is 11.8 Å².